The number of nitrogens with one attached hydrogen (secondary N) is 1. The number of halogens is 2. The fourth-order valence-corrected chi connectivity index (χ4v) is 2.17. The second-order valence-electron chi connectivity index (χ2n) is 3.80. The van der Waals surface area contributed by atoms with E-state index in [9.17, 15) is 4.79 Å². The molecule has 1 aromatic rings. The molecule has 0 heterocycles. The van der Waals surface area contributed by atoms with Crippen LogP contribution in [0.25, 0.3) is 0 Å². The van der Waals surface area contributed by atoms with Gasteiger partial charge in [-0.15, -0.1) is 0 Å². The van der Waals surface area contributed by atoms with E-state index in [1.807, 2.05) is 0 Å². The first-order valence-electron chi connectivity index (χ1n) is 5.23. The Bertz CT molecular complexity index is 339. The average molecular weight is 305 g/mol. The fourth-order valence-electron chi connectivity index (χ4n) is 1.26. The Morgan fingerprint density at radius 2 is 2.06 bits per heavy atom. The lowest BCUT2D eigenvalue weighted by atomic mass is 10.1. The zero-order chi connectivity index (χ0) is 12.0. The van der Waals surface area contributed by atoms with Crippen molar-refractivity contribution in [3.05, 3.63) is 34.9 Å². The van der Waals surface area contributed by atoms with Crippen molar-refractivity contribution in [1.82, 2.24) is 5.32 Å². The third-order valence-electron chi connectivity index (χ3n) is 2.32. The number of alkyl halides is 1. The largest absolute Gasteiger partial charge is 0.352 e. The summed E-state index contributed by atoms with van der Waals surface area (Å²) in [5.41, 5.74) is 0.649. The molecule has 1 atom stereocenters. The van der Waals surface area contributed by atoms with Gasteiger partial charge in [0.25, 0.3) is 5.91 Å². The van der Waals surface area contributed by atoms with E-state index in [2.05, 4.69) is 28.2 Å². The van der Waals surface area contributed by atoms with Crippen molar-refractivity contribution >= 4 is 33.4 Å². The molecule has 0 aliphatic carbocycles. The summed E-state index contributed by atoms with van der Waals surface area (Å²) in [5, 5.41) is 4.51. The second-order valence-corrected chi connectivity index (χ2v) is 5.03. The van der Waals surface area contributed by atoms with Gasteiger partial charge in [0.15, 0.2) is 0 Å². The molecule has 1 amide bonds. The van der Waals surface area contributed by atoms with E-state index in [1.165, 1.54) is 0 Å². The number of carbonyl (C=O) groups is 1. The van der Waals surface area contributed by atoms with Crippen LogP contribution in [-0.2, 0) is 0 Å². The van der Waals surface area contributed by atoms with E-state index in [4.69, 9.17) is 11.6 Å². The Morgan fingerprint density at radius 3 is 2.62 bits per heavy atom. The molecule has 0 saturated carbocycles. The number of benzene rings is 1. The van der Waals surface area contributed by atoms with Crippen molar-refractivity contribution in [1.29, 1.82) is 0 Å². The monoisotopic (exact) mass is 303 g/mol. The summed E-state index contributed by atoms with van der Waals surface area (Å²) < 4.78 is 0. The van der Waals surface area contributed by atoms with Crippen molar-refractivity contribution < 1.29 is 4.79 Å². The van der Waals surface area contributed by atoms with Gasteiger partial charge in [0.05, 0.1) is 0 Å². The van der Waals surface area contributed by atoms with Gasteiger partial charge in [-0.2, -0.15) is 0 Å². The van der Waals surface area contributed by atoms with Crippen molar-refractivity contribution in [3.63, 3.8) is 0 Å². The molecule has 1 rings (SSSR count). The van der Waals surface area contributed by atoms with Crippen LogP contribution in [0, 0.1) is 5.92 Å². The van der Waals surface area contributed by atoms with Gasteiger partial charge in [0.2, 0.25) is 0 Å². The summed E-state index contributed by atoms with van der Waals surface area (Å²) >= 11 is 9.13. The summed E-state index contributed by atoms with van der Waals surface area (Å²) in [6.45, 7) is 2.82. The van der Waals surface area contributed by atoms with Crippen LogP contribution in [0.15, 0.2) is 24.3 Å². The van der Waals surface area contributed by atoms with Crippen LogP contribution in [0.1, 0.15) is 23.7 Å². The molecule has 0 bridgehead atoms. The minimum absolute atomic E-state index is 0.0434. The molecule has 0 spiro atoms. The summed E-state index contributed by atoms with van der Waals surface area (Å²) in [5.74, 6) is 0.439. The van der Waals surface area contributed by atoms with Gasteiger partial charge >= 0.3 is 0 Å². The molecule has 1 N–H and O–H groups in total. The predicted molar refractivity (Wildman–Crippen MR) is 71.4 cm³/mol. The van der Waals surface area contributed by atoms with Gasteiger partial charge < -0.3 is 5.32 Å². The van der Waals surface area contributed by atoms with Gasteiger partial charge in [-0.25, -0.2) is 0 Å². The first-order valence-corrected chi connectivity index (χ1v) is 6.73. The third-order valence-corrected chi connectivity index (χ3v) is 3.03. The summed E-state index contributed by atoms with van der Waals surface area (Å²) in [6.07, 6.45) is 1.06. The van der Waals surface area contributed by atoms with Gasteiger partial charge in [-0.05, 0) is 36.6 Å². The maximum atomic E-state index is 11.7. The Kier molecular flexibility index (Phi) is 5.85. The lowest BCUT2D eigenvalue weighted by molar-refractivity contribution is 0.0948. The third kappa shape index (κ3) is 4.54. The maximum Gasteiger partial charge on any atom is 0.251 e. The molecule has 0 saturated heterocycles. The second kappa shape index (κ2) is 6.92. The first-order chi connectivity index (χ1) is 7.63. The standard InChI is InChI=1S/C12H15BrClNO/c1-9(6-7-13)8-15-12(16)10-2-4-11(14)5-3-10/h2-5,9H,6-8H2,1H3,(H,15,16). The number of carbonyl (C=O) groups excluding carboxylic acids is 1. The first kappa shape index (κ1) is 13.5. The molecular formula is C12H15BrClNO. The molecule has 88 valence electrons. The lowest BCUT2D eigenvalue weighted by Crippen LogP contribution is -2.28. The Labute approximate surface area is 110 Å². The molecule has 1 aromatic carbocycles. The quantitative estimate of drug-likeness (QED) is 0.829. The summed E-state index contributed by atoms with van der Waals surface area (Å²) in [4.78, 5) is 11.7. The highest BCUT2D eigenvalue weighted by molar-refractivity contribution is 9.09. The fraction of sp³-hybridized carbons (Fsp3) is 0.417. The van der Waals surface area contributed by atoms with Crippen LogP contribution in [0.3, 0.4) is 0 Å². The zero-order valence-corrected chi connectivity index (χ0v) is 11.5. The minimum Gasteiger partial charge on any atom is -0.352 e. The summed E-state index contributed by atoms with van der Waals surface area (Å²) in [6, 6.07) is 6.90. The number of amides is 1. The van der Waals surface area contributed by atoms with Crippen molar-refractivity contribution in [2.75, 3.05) is 11.9 Å². The lowest BCUT2D eigenvalue weighted by Gasteiger charge is -2.11. The molecule has 0 aliphatic heterocycles. The molecular weight excluding hydrogens is 289 g/mol. The number of hydrogen-bond donors (Lipinski definition) is 1. The van der Waals surface area contributed by atoms with E-state index in [0.717, 1.165) is 11.8 Å². The SMILES string of the molecule is CC(CCBr)CNC(=O)c1ccc(Cl)cc1. The molecule has 1 unspecified atom stereocenters. The maximum absolute atomic E-state index is 11.7. The minimum atomic E-state index is -0.0434. The smallest absolute Gasteiger partial charge is 0.251 e. The highest BCUT2D eigenvalue weighted by Crippen LogP contribution is 2.09. The Hall–Kier alpha value is -0.540. The van der Waals surface area contributed by atoms with Gasteiger partial charge in [0.1, 0.15) is 0 Å². The Balaban J connectivity index is 2.43. The van der Waals surface area contributed by atoms with Crippen molar-refractivity contribution in [3.8, 4) is 0 Å². The van der Waals surface area contributed by atoms with Crippen LogP contribution in [-0.4, -0.2) is 17.8 Å². The normalized spacial score (nSPS) is 12.2. The number of hydrogen-bond acceptors (Lipinski definition) is 1. The average Bonchev–Trinajstić information content (AvgIpc) is 2.27. The van der Waals surface area contributed by atoms with Crippen molar-refractivity contribution in [2.24, 2.45) is 5.92 Å². The summed E-state index contributed by atoms with van der Waals surface area (Å²) in [7, 11) is 0. The molecule has 0 aliphatic rings. The highest BCUT2D eigenvalue weighted by atomic mass is 79.9. The number of rotatable bonds is 5. The van der Waals surface area contributed by atoms with Crippen LogP contribution in [0.2, 0.25) is 5.02 Å². The molecule has 16 heavy (non-hydrogen) atoms. The molecule has 4 heteroatoms. The van der Waals surface area contributed by atoms with Crippen LogP contribution < -0.4 is 5.32 Å². The van der Waals surface area contributed by atoms with Gasteiger partial charge in [-0.1, -0.05) is 34.5 Å². The topological polar surface area (TPSA) is 29.1 Å². The van der Waals surface area contributed by atoms with E-state index >= 15 is 0 Å². The van der Waals surface area contributed by atoms with E-state index < -0.39 is 0 Å². The van der Waals surface area contributed by atoms with E-state index in [0.29, 0.717) is 23.0 Å². The van der Waals surface area contributed by atoms with E-state index in [-0.39, 0.29) is 5.91 Å². The van der Waals surface area contributed by atoms with Gasteiger partial charge in [0, 0.05) is 22.5 Å². The van der Waals surface area contributed by atoms with E-state index in [1.54, 1.807) is 24.3 Å². The Morgan fingerprint density at radius 1 is 1.44 bits per heavy atom. The molecule has 0 fully saturated rings. The molecule has 2 nitrogen and oxygen atoms in total. The van der Waals surface area contributed by atoms with Crippen LogP contribution in [0.4, 0.5) is 0 Å². The highest BCUT2D eigenvalue weighted by Gasteiger charge is 2.07. The van der Waals surface area contributed by atoms with Crippen molar-refractivity contribution in [2.45, 2.75) is 13.3 Å². The molecule has 0 aromatic heterocycles. The van der Waals surface area contributed by atoms with Crippen LogP contribution in [0.5, 0.6) is 0 Å². The predicted octanol–water partition coefficient (Wildman–Crippen LogP) is 3.49. The van der Waals surface area contributed by atoms with Gasteiger partial charge in [-0.3, -0.25) is 4.79 Å². The van der Waals surface area contributed by atoms with Crippen LogP contribution >= 0.6 is 27.5 Å². The molecule has 0 radical (unpaired) electrons. The zero-order valence-electron chi connectivity index (χ0n) is 9.17.